The Kier molecular flexibility index (Phi) is 1.77. The van der Waals surface area contributed by atoms with Crippen molar-refractivity contribution in [1.82, 2.24) is 0 Å². The zero-order valence-electron chi connectivity index (χ0n) is 10.7. The van der Waals surface area contributed by atoms with Crippen LogP contribution >= 0.6 is 0 Å². The number of rotatable bonds is 0. The van der Waals surface area contributed by atoms with E-state index in [9.17, 15) is 0 Å². The molecular formula is C16H20. The molecule has 0 aromatic heterocycles. The lowest BCUT2D eigenvalue weighted by Crippen LogP contribution is -2.30. The fraction of sp³-hybridized carbons (Fsp3) is 0.500. The molecule has 3 aliphatic rings. The van der Waals surface area contributed by atoms with Gasteiger partial charge in [-0.15, -0.1) is 0 Å². The lowest BCUT2D eigenvalue weighted by molar-refractivity contribution is 0.439. The van der Waals surface area contributed by atoms with E-state index in [0.717, 1.165) is 12.8 Å². The largest absolute Gasteiger partial charge is 0.0801 e. The smallest absolute Gasteiger partial charge is 0.0114 e. The van der Waals surface area contributed by atoms with Gasteiger partial charge in [-0.2, -0.15) is 0 Å². The van der Waals surface area contributed by atoms with E-state index < -0.39 is 0 Å². The van der Waals surface area contributed by atoms with Crippen LogP contribution in [0, 0.1) is 10.8 Å². The molecule has 0 atom stereocenters. The van der Waals surface area contributed by atoms with Crippen LogP contribution < -0.4 is 0 Å². The monoisotopic (exact) mass is 212 g/mol. The lowest BCUT2D eigenvalue weighted by atomic mass is 9.61. The second-order valence-corrected chi connectivity index (χ2v) is 6.25. The summed E-state index contributed by atoms with van der Waals surface area (Å²) in [6, 6.07) is 0. The zero-order valence-corrected chi connectivity index (χ0v) is 10.7. The highest BCUT2D eigenvalue weighted by molar-refractivity contribution is 5.59. The molecule has 0 radical (unpaired) electrons. The summed E-state index contributed by atoms with van der Waals surface area (Å²) in [6.07, 6.45) is 11.7. The van der Waals surface area contributed by atoms with E-state index in [1.807, 2.05) is 0 Å². The van der Waals surface area contributed by atoms with Crippen molar-refractivity contribution >= 4 is 0 Å². The van der Waals surface area contributed by atoms with Crippen molar-refractivity contribution in [3.8, 4) is 0 Å². The van der Waals surface area contributed by atoms with Gasteiger partial charge in [0.05, 0.1) is 0 Å². The predicted octanol–water partition coefficient (Wildman–Crippen LogP) is 4.57. The molecule has 0 aromatic rings. The summed E-state index contributed by atoms with van der Waals surface area (Å²) in [5.41, 5.74) is 6.94. The van der Waals surface area contributed by atoms with Crippen molar-refractivity contribution < 1.29 is 0 Å². The summed E-state index contributed by atoms with van der Waals surface area (Å²) in [5.74, 6) is 0. The van der Waals surface area contributed by atoms with Crippen LogP contribution in [0.2, 0.25) is 0 Å². The normalized spacial score (nSPS) is 28.8. The van der Waals surface area contributed by atoms with Crippen LogP contribution in [0.3, 0.4) is 0 Å². The quantitative estimate of drug-likeness (QED) is 0.552. The molecule has 0 nitrogen and oxygen atoms in total. The van der Waals surface area contributed by atoms with Gasteiger partial charge >= 0.3 is 0 Å². The summed E-state index contributed by atoms with van der Waals surface area (Å²) in [4.78, 5) is 0. The highest BCUT2D eigenvalue weighted by atomic mass is 14.5. The second-order valence-electron chi connectivity index (χ2n) is 6.25. The van der Waals surface area contributed by atoms with Gasteiger partial charge in [-0.05, 0) is 24.0 Å². The van der Waals surface area contributed by atoms with Gasteiger partial charge in [0.2, 0.25) is 0 Å². The van der Waals surface area contributed by atoms with Crippen molar-refractivity contribution in [1.29, 1.82) is 0 Å². The molecule has 3 rings (SSSR count). The zero-order chi connectivity index (χ0) is 11.6. The van der Waals surface area contributed by atoms with Gasteiger partial charge in [-0.3, -0.25) is 0 Å². The standard InChI is InChI=1S/C16H20/c1-15(2)11-7-5-9-13(11)16(3,4)14-10-6-8-12(14)15/h5-7,10H,8-9H2,1-4H3. The Hall–Kier alpha value is -1.04. The maximum atomic E-state index is 2.38. The molecule has 0 aromatic carbocycles. The molecule has 16 heavy (non-hydrogen) atoms. The van der Waals surface area contributed by atoms with E-state index in [4.69, 9.17) is 0 Å². The Labute approximate surface area is 98.4 Å². The third kappa shape index (κ3) is 1.00. The van der Waals surface area contributed by atoms with Crippen LogP contribution in [0.5, 0.6) is 0 Å². The first-order valence-electron chi connectivity index (χ1n) is 6.27. The molecular weight excluding hydrogens is 192 g/mol. The molecule has 0 N–H and O–H groups in total. The average Bonchev–Trinajstić information content (AvgIpc) is 2.86. The van der Waals surface area contributed by atoms with Gasteiger partial charge in [-0.1, -0.05) is 63.1 Å². The number of hydrogen-bond acceptors (Lipinski definition) is 0. The first-order chi connectivity index (χ1) is 7.45. The first kappa shape index (κ1) is 10.1. The molecule has 0 spiro atoms. The fourth-order valence-corrected chi connectivity index (χ4v) is 3.69. The molecule has 0 bridgehead atoms. The summed E-state index contributed by atoms with van der Waals surface area (Å²) in [6.45, 7) is 9.54. The van der Waals surface area contributed by atoms with Gasteiger partial charge in [-0.25, -0.2) is 0 Å². The van der Waals surface area contributed by atoms with Crippen LogP contribution in [0.15, 0.2) is 46.6 Å². The predicted molar refractivity (Wildman–Crippen MR) is 69.1 cm³/mol. The maximum Gasteiger partial charge on any atom is 0.0114 e. The third-order valence-electron chi connectivity index (χ3n) is 4.72. The number of hydrogen-bond donors (Lipinski definition) is 0. The lowest BCUT2D eigenvalue weighted by Gasteiger charge is -2.43. The molecule has 3 aliphatic carbocycles. The van der Waals surface area contributed by atoms with E-state index in [1.165, 1.54) is 0 Å². The van der Waals surface area contributed by atoms with E-state index in [2.05, 4.69) is 52.0 Å². The van der Waals surface area contributed by atoms with Gasteiger partial charge in [0.25, 0.3) is 0 Å². The van der Waals surface area contributed by atoms with Crippen LogP contribution in [0.25, 0.3) is 0 Å². The van der Waals surface area contributed by atoms with E-state index in [1.54, 1.807) is 22.3 Å². The van der Waals surface area contributed by atoms with Crippen LogP contribution in [-0.2, 0) is 0 Å². The highest BCUT2D eigenvalue weighted by Gasteiger charge is 2.44. The molecule has 0 amide bonds. The van der Waals surface area contributed by atoms with E-state index in [-0.39, 0.29) is 10.8 Å². The molecule has 84 valence electrons. The van der Waals surface area contributed by atoms with E-state index >= 15 is 0 Å². The molecule has 0 saturated carbocycles. The first-order valence-corrected chi connectivity index (χ1v) is 6.27. The average molecular weight is 212 g/mol. The Balaban J connectivity index is 2.25. The summed E-state index contributed by atoms with van der Waals surface area (Å²) in [5, 5.41) is 0. The van der Waals surface area contributed by atoms with Gasteiger partial charge in [0, 0.05) is 10.8 Å². The minimum atomic E-state index is 0.247. The fourth-order valence-electron chi connectivity index (χ4n) is 3.69. The Bertz CT molecular complexity index is 430. The van der Waals surface area contributed by atoms with Crippen molar-refractivity contribution in [2.24, 2.45) is 10.8 Å². The van der Waals surface area contributed by atoms with Crippen LogP contribution in [0.4, 0.5) is 0 Å². The number of allylic oxidation sites excluding steroid dienone is 8. The third-order valence-corrected chi connectivity index (χ3v) is 4.72. The summed E-state index contributed by atoms with van der Waals surface area (Å²) in [7, 11) is 0. The van der Waals surface area contributed by atoms with Crippen molar-refractivity contribution in [3.63, 3.8) is 0 Å². The van der Waals surface area contributed by atoms with Crippen LogP contribution in [0.1, 0.15) is 40.5 Å². The van der Waals surface area contributed by atoms with Crippen molar-refractivity contribution in [3.05, 3.63) is 46.6 Å². The summed E-state index contributed by atoms with van der Waals surface area (Å²) < 4.78 is 0. The Morgan fingerprint density at radius 1 is 0.750 bits per heavy atom. The molecule has 0 heterocycles. The summed E-state index contributed by atoms with van der Waals surface area (Å²) >= 11 is 0. The topological polar surface area (TPSA) is 0 Å². The van der Waals surface area contributed by atoms with E-state index in [0.29, 0.717) is 0 Å². The Morgan fingerprint density at radius 3 is 1.50 bits per heavy atom. The van der Waals surface area contributed by atoms with Gasteiger partial charge < -0.3 is 0 Å². The molecule has 0 fully saturated rings. The van der Waals surface area contributed by atoms with Crippen LogP contribution in [-0.4, -0.2) is 0 Å². The molecule has 0 aliphatic heterocycles. The molecule has 0 heteroatoms. The second kappa shape index (κ2) is 2.80. The highest BCUT2D eigenvalue weighted by Crippen LogP contribution is 2.58. The molecule has 0 saturated heterocycles. The van der Waals surface area contributed by atoms with Gasteiger partial charge in [0.15, 0.2) is 0 Å². The van der Waals surface area contributed by atoms with Gasteiger partial charge in [0.1, 0.15) is 0 Å². The van der Waals surface area contributed by atoms with Crippen molar-refractivity contribution in [2.45, 2.75) is 40.5 Å². The minimum Gasteiger partial charge on any atom is -0.0801 e. The molecule has 0 unspecified atom stereocenters. The Morgan fingerprint density at radius 2 is 1.12 bits per heavy atom. The minimum absolute atomic E-state index is 0.247. The maximum absolute atomic E-state index is 2.38. The van der Waals surface area contributed by atoms with Crippen molar-refractivity contribution in [2.75, 3.05) is 0 Å². The SMILES string of the molecule is CC1(C)C2=C(CC=C2)C(C)(C)C2=C1CC=C2.